The molecule has 0 spiro atoms. The molecule has 1 aromatic carbocycles. The maximum Gasteiger partial charge on any atom is 0.573 e. The zero-order chi connectivity index (χ0) is 22.7. The van der Waals surface area contributed by atoms with Gasteiger partial charge in [-0.05, 0) is 60.6 Å². The third-order valence-electron chi connectivity index (χ3n) is 5.04. The minimum atomic E-state index is -4.92. The van der Waals surface area contributed by atoms with Crippen molar-refractivity contribution in [1.82, 2.24) is 9.78 Å². The van der Waals surface area contributed by atoms with Gasteiger partial charge in [-0.15, -0.1) is 13.2 Å². The van der Waals surface area contributed by atoms with Crippen LogP contribution in [0.5, 0.6) is 5.75 Å². The van der Waals surface area contributed by atoms with E-state index in [1.165, 1.54) is 12.3 Å². The van der Waals surface area contributed by atoms with Crippen LogP contribution in [-0.2, 0) is 14.0 Å². The Kier molecular flexibility index (Phi) is 5.14. The first-order chi connectivity index (χ1) is 13.5. The Morgan fingerprint density at radius 1 is 1.10 bits per heavy atom. The van der Waals surface area contributed by atoms with E-state index in [9.17, 15) is 18.0 Å². The standard InChI is InChI=1S/C19H24BF3N2O5/c1-16(2,3)28-15(26)25-12-8-9-13(27-19(21,22)23)14(11(12)10-24-25)20-29-17(4,5)18(6,7)30-20/h8-10H,1-7H3. The van der Waals surface area contributed by atoms with Gasteiger partial charge in [0.25, 0.3) is 0 Å². The molecule has 0 N–H and O–H groups in total. The fourth-order valence-electron chi connectivity index (χ4n) is 2.97. The summed E-state index contributed by atoms with van der Waals surface area (Å²) in [6.45, 7) is 12.2. The molecule has 0 bridgehead atoms. The van der Waals surface area contributed by atoms with E-state index in [2.05, 4.69) is 9.84 Å². The van der Waals surface area contributed by atoms with E-state index < -0.39 is 42.1 Å². The molecule has 0 atom stereocenters. The molecule has 1 aliphatic rings. The summed E-state index contributed by atoms with van der Waals surface area (Å²) in [4.78, 5) is 12.5. The molecule has 0 amide bonds. The van der Waals surface area contributed by atoms with Crippen molar-refractivity contribution >= 4 is 29.6 Å². The lowest BCUT2D eigenvalue weighted by molar-refractivity contribution is -0.274. The van der Waals surface area contributed by atoms with E-state index in [0.717, 1.165) is 10.7 Å². The zero-order valence-electron chi connectivity index (χ0n) is 17.9. The van der Waals surface area contributed by atoms with Crippen molar-refractivity contribution in [3.63, 3.8) is 0 Å². The number of rotatable bonds is 2. The summed E-state index contributed by atoms with van der Waals surface area (Å²) in [5.74, 6) is -0.489. The van der Waals surface area contributed by atoms with Crippen molar-refractivity contribution in [2.75, 3.05) is 0 Å². The molecule has 11 heteroatoms. The van der Waals surface area contributed by atoms with Crippen molar-refractivity contribution in [3.05, 3.63) is 18.3 Å². The van der Waals surface area contributed by atoms with Crippen LogP contribution in [0.1, 0.15) is 48.5 Å². The van der Waals surface area contributed by atoms with Crippen molar-refractivity contribution in [2.45, 2.75) is 71.6 Å². The molecule has 1 saturated heterocycles. The van der Waals surface area contributed by atoms with Crippen LogP contribution in [0.25, 0.3) is 10.9 Å². The third-order valence-corrected chi connectivity index (χ3v) is 5.04. The molecule has 1 aliphatic heterocycles. The Bertz CT molecular complexity index is 963. The van der Waals surface area contributed by atoms with Crippen molar-refractivity contribution in [2.24, 2.45) is 0 Å². The first-order valence-electron chi connectivity index (χ1n) is 9.36. The van der Waals surface area contributed by atoms with Crippen LogP contribution in [0.4, 0.5) is 18.0 Å². The van der Waals surface area contributed by atoms with Gasteiger partial charge in [0.2, 0.25) is 0 Å². The van der Waals surface area contributed by atoms with E-state index in [1.54, 1.807) is 48.5 Å². The molecule has 2 heterocycles. The Morgan fingerprint density at radius 2 is 1.67 bits per heavy atom. The third kappa shape index (κ3) is 4.27. The highest BCUT2D eigenvalue weighted by Crippen LogP contribution is 2.38. The number of fused-ring (bicyclic) bond motifs is 1. The highest BCUT2D eigenvalue weighted by Gasteiger charge is 2.53. The Labute approximate surface area is 172 Å². The molecular weight excluding hydrogens is 404 g/mol. The maximum absolute atomic E-state index is 13.0. The van der Waals surface area contributed by atoms with Crippen LogP contribution >= 0.6 is 0 Å². The summed E-state index contributed by atoms with van der Waals surface area (Å²) in [5.41, 5.74) is -2.13. The van der Waals surface area contributed by atoms with Crippen molar-refractivity contribution < 1.29 is 36.7 Å². The van der Waals surface area contributed by atoms with Crippen molar-refractivity contribution in [3.8, 4) is 5.75 Å². The molecule has 1 aromatic heterocycles. The number of ether oxygens (including phenoxy) is 2. The number of carbonyl (C=O) groups excluding carboxylic acids is 1. The van der Waals surface area contributed by atoms with Gasteiger partial charge in [-0.25, -0.2) is 4.79 Å². The second-order valence-electron chi connectivity index (χ2n) is 9.08. The normalized spacial score (nSPS) is 18.7. The molecule has 0 unspecified atom stereocenters. The molecule has 0 aliphatic carbocycles. The quantitative estimate of drug-likeness (QED) is 0.674. The lowest BCUT2D eigenvalue weighted by Gasteiger charge is -2.32. The summed E-state index contributed by atoms with van der Waals surface area (Å²) in [7, 11) is -1.16. The average Bonchev–Trinajstić information content (AvgIpc) is 3.02. The molecular formula is C19H24BF3N2O5. The number of aromatic nitrogens is 2. The summed E-state index contributed by atoms with van der Waals surface area (Å²) in [5, 5.41) is 4.24. The second kappa shape index (κ2) is 6.88. The molecule has 2 aromatic rings. The molecule has 1 fully saturated rings. The fourth-order valence-corrected chi connectivity index (χ4v) is 2.97. The summed E-state index contributed by atoms with van der Waals surface area (Å²) in [6, 6.07) is 2.42. The zero-order valence-corrected chi connectivity index (χ0v) is 17.9. The highest BCUT2D eigenvalue weighted by molar-refractivity contribution is 6.66. The number of nitrogens with zero attached hydrogens (tertiary/aromatic N) is 2. The Hall–Kier alpha value is -2.27. The highest BCUT2D eigenvalue weighted by atomic mass is 19.4. The van der Waals surface area contributed by atoms with Crippen LogP contribution < -0.4 is 10.2 Å². The van der Waals surface area contributed by atoms with E-state index in [4.69, 9.17) is 14.0 Å². The van der Waals surface area contributed by atoms with Gasteiger partial charge in [0.05, 0.1) is 22.9 Å². The smallest absolute Gasteiger partial charge is 0.442 e. The minimum absolute atomic E-state index is 0.00159. The van der Waals surface area contributed by atoms with Crippen LogP contribution in [0.2, 0.25) is 0 Å². The van der Waals surface area contributed by atoms with Gasteiger partial charge < -0.3 is 18.8 Å². The van der Waals surface area contributed by atoms with E-state index in [-0.39, 0.29) is 16.4 Å². The number of carbonyl (C=O) groups is 1. The Balaban J connectivity index is 2.15. The number of benzene rings is 1. The van der Waals surface area contributed by atoms with Gasteiger partial charge in [-0.1, -0.05) is 0 Å². The minimum Gasteiger partial charge on any atom is -0.442 e. The van der Waals surface area contributed by atoms with Gasteiger partial charge in [0.1, 0.15) is 11.4 Å². The predicted molar refractivity (Wildman–Crippen MR) is 104 cm³/mol. The maximum atomic E-state index is 13.0. The predicted octanol–water partition coefficient (Wildman–Crippen LogP) is 4.02. The largest absolute Gasteiger partial charge is 0.573 e. The van der Waals surface area contributed by atoms with Gasteiger partial charge in [0.15, 0.2) is 0 Å². The van der Waals surface area contributed by atoms with Gasteiger partial charge in [0, 0.05) is 10.8 Å². The molecule has 0 radical (unpaired) electrons. The number of halogens is 3. The lowest BCUT2D eigenvalue weighted by atomic mass is 9.76. The molecule has 30 heavy (non-hydrogen) atoms. The summed E-state index contributed by atoms with van der Waals surface area (Å²) >= 11 is 0. The second-order valence-corrected chi connectivity index (χ2v) is 9.08. The van der Waals surface area contributed by atoms with Crippen LogP contribution in [-0.4, -0.2) is 46.2 Å². The van der Waals surface area contributed by atoms with E-state index in [1.807, 2.05) is 0 Å². The van der Waals surface area contributed by atoms with Crippen LogP contribution in [0, 0.1) is 0 Å². The van der Waals surface area contributed by atoms with E-state index >= 15 is 0 Å². The number of alkyl halides is 3. The summed E-state index contributed by atoms with van der Waals surface area (Å²) < 4.78 is 61.5. The van der Waals surface area contributed by atoms with Crippen molar-refractivity contribution in [1.29, 1.82) is 0 Å². The topological polar surface area (TPSA) is 71.8 Å². The molecule has 164 valence electrons. The molecule has 0 saturated carbocycles. The Morgan fingerprint density at radius 3 is 2.17 bits per heavy atom. The lowest BCUT2D eigenvalue weighted by Crippen LogP contribution is -2.41. The number of hydrogen-bond acceptors (Lipinski definition) is 6. The summed E-state index contributed by atoms with van der Waals surface area (Å²) in [6.07, 6.45) is -4.42. The molecule has 3 rings (SSSR count). The first kappa shape index (κ1) is 22.4. The number of hydrogen-bond donors (Lipinski definition) is 0. The first-order valence-corrected chi connectivity index (χ1v) is 9.36. The van der Waals surface area contributed by atoms with Gasteiger partial charge in [-0.3, -0.25) is 0 Å². The van der Waals surface area contributed by atoms with Crippen LogP contribution in [0.3, 0.4) is 0 Å². The monoisotopic (exact) mass is 428 g/mol. The molecule has 7 nitrogen and oxygen atoms in total. The van der Waals surface area contributed by atoms with E-state index in [0.29, 0.717) is 0 Å². The SMILES string of the molecule is CC(C)(C)OC(=O)n1ncc2c(B3OC(C)(C)C(C)(C)O3)c(OC(F)(F)F)ccc21. The average molecular weight is 428 g/mol. The van der Waals surface area contributed by atoms with Crippen LogP contribution in [0.15, 0.2) is 18.3 Å². The van der Waals surface area contributed by atoms with Gasteiger partial charge >= 0.3 is 19.6 Å². The van der Waals surface area contributed by atoms with Gasteiger partial charge in [-0.2, -0.15) is 9.78 Å². The fraction of sp³-hybridized carbons (Fsp3) is 0.579.